The first kappa shape index (κ1) is 89.3. The Morgan fingerprint density at radius 3 is 0.445 bits per heavy atom. The molecule has 0 heterocycles. The van der Waals surface area contributed by atoms with E-state index in [9.17, 15) is 0 Å². The Bertz CT molecular complexity index is 8810. The van der Waals surface area contributed by atoms with Gasteiger partial charge in [-0.25, -0.2) is 0 Å². The smallest absolute Gasteiger partial charge is 0.0465 e. The van der Waals surface area contributed by atoms with Crippen molar-refractivity contribution in [3.63, 3.8) is 0 Å². The fourth-order valence-corrected chi connectivity index (χ4v) is 25.5. The molecule has 0 aromatic heterocycles. The molecule has 0 saturated carbocycles. The molecule has 0 N–H and O–H groups in total. The second kappa shape index (κ2) is 34.0. The Morgan fingerprint density at radius 1 is 0.103 bits per heavy atom. The third kappa shape index (κ3) is 14.6. The molecule has 700 valence electrons. The van der Waals surface area contributed by atoms with Crippen LogP contribution < -0.4 is 9.80 Å². The van der Waals surface area contributed by atoms with Gasteiger partial charge in [0.1, 0.15) is 0 Å². The number of anilines is 6. The van der Waals surface area contributed by atoms with Crippen LogP contribution in [0.15, 0.2) is 473 Å². The molecular formula is C144H114N2. The van der Waals surface area contributed by atoms with E-state index >= 15 is 0 Å². The summed E-state index contributed by atoms with van der Waals surface area (Å²) in [6.07, 6.45) is 0. The van der Waals surface area contributed by atoms with Crippen LogP contribution in [-0.4, -0.2) is 0 Å². The van der Waals surface area contributed by atoms with E-state index in [-0.39, 0.29) is 32.5 Å². The largest absolute Gasteiger partial charge is 0.310 e. The van der Waals surface area contributed by atoms with E-state index in [1.165, 1.54) is 234 Å². The minimum Gasteiger partial charge on any atom is -0.310 e. The molecule has 0 aliphatic heterocycles. The molecule has 21 aromatic rings. The van der Waals surface area contributed by atoms with Crippen molar-refractivity contribution >= 4 is 34.1 Å². The van der Waals surface area contributed by atoms with Crippen LogP contribution in [0.4, 0.5) is 34.1 Å². The number of fused-ring (bicyclic) bond motifs is 18. The average Bonchev–Trinajstić information content (AvgIpc) is 1.57. The molecule has 6 aliphatic carbocycles. The highest BCUT2D eigenvalue weighted by molar-refractivity contribution is 5.96. The van der Waals surface area contributed by atoms with E-state index in [1.807, 2.05) is 0 Å². The quantitative estimate of drug-likeness (QED) is 0.101. The van der Waals surface area contributed by atoms with E-state index in [4.69, 9.17) is 0 Å². The van der Waals surface area contributed by atoms with Gasteiger partial charge in [0.05, 0.1) is 0 Å². The molecule has 0 saturated heterocycles. The maximum atomic E-state index is 2.49. The monoisotopic (exact) mass is 1870 g/mol. The lowest BCUT2D eigenvalue weighted by Crippen LogP contribution is -2.18. The van der Waals surface area contributed by atoms with E-state index in [0.29, 0.717) is 0 Å². The van der Waals surface area contributed by atoms with Gasteiger partial charge in [-0.2, -0.15) is 0 Å². The van der Waals surface area contributed by atoms with Crippen LogP contribution in [0, 0.1) is 0 Å². The molecule has 0 atom stereocenters. The van der Waals surface area contributed by atoms with Crippen LogP contribution in [0.1, 0.15) is 150 Å². The van der Waals surface area contributed by atoms with Crippen molar-refractivity contribution in [1.29, 1.82) is 0 Å². The predicted molar refractivity (Wildman–Crippen MR) is 617 cm³/mol. The van der Waals surface area contributed by atoms with Crippen molar-refractivity contribution in [2.24, 2.45) is 0 Å². The fourth-order valence-electron chi connectivity index (χ4n) is 25.5. The van der Waals surface area contributed by atoms with Gasteiger partial charge in [0.15, 0.2) is 0 Å². The van der Waals surface area contributed by atoms with Gasteiger partial charge in [-0.05, 0) is 337 Å². The average molecular weight is 1870 g/mol. The van der Waals surface area contributed by atoms with Crippen molar-refractivity contribution in [3.05, 3.63) is 540 Å². The highest BCUT2D eigenvalue weighted by Gasteiger charge is 2.44. The summed E-state index contributed by atoms with van der Waals surface area (Å²) in [6.45, 7) is 28.6. The standard InChI is InChI=1S/C75H59N.C69H55N/c1-73(2)67-20-14-13-19-61(67)62-38-32-57(44-68(62)73)54-29-34-58(35-30-54)76(59-36-41-65-63-39-31-55(49-17-11-8-12-18-49)43-69(63)74(3,4)71(65)46-59)60-37-42-66-64-40-33-56(45-70(64)75(5,6)72(66)47-60)53-27-25-52(26-28-53)51-23-21-50(22-24-51)48-15-9-7-10-16-48;1-67(2)61-18-12-10-16-55(61)57-36-30-51(40-63(57)67)49-28-32-52(33-29-49)70(53-34-38-59-56-17-11-13-19-62(56)68(3,4)65(59)42-53)54-35-39-60-58-37-31-50(41-64(58)69(5,6)66(60)43-54)48-26-24-47(25-27-48)46-22-20-45(21-23-46)44-14-8-7-9-15-44/h7-47H,1-6H3;7-43H,1-6H3. The number of hydrogen-bond acceptors (Lipinski definition) is 2. The molecule has 0 radical (unpaired) electrons. The Labute approximate surface area is 860 Å². The summed E-state index contributed by atoms with van der Waals surface area (Å²) in [5, 5.41) is 0. The topological polar surface area (TPSA) is 6.48 Å². The molecule has 0 unspecified atom stereocenters. The van der Waals surface area contributed by atoms with Gasteiger partial charge >= 0.3 is 0 Å². The molecular weight excluding hydrogens is 1760 g/mol. The van der Waals surface area contributed by atoms with Crippen LogP contribution in [-0.2, 0) is 32.5 Å². The Balaban J connectivity index is 0.000000149. The number of hydrogen-bond donors (Lipinski definition) is 0. The minimum absolute atomic E-state index is 0.0506. The summed E-state index contributed by atoms with van der Waals surface area (Å²) < 4.78 is 0. The van der Waals surface area contributed by atoms with E-state index < -0.39 is 0 Å². The second-order valence-corrected chi connectivity index (χ2v) is 44.3. The molecule has 0 fully saturated rings. The maximum absolute atomic E-state index is 2.49. The molecule has 146 heavy (non-hydrogen) atoms. The fraction of sp³-hybridized carbons (Fsp3) is 0.125. The predicted octanol–water partition coefficient (Wildman–Crippen LogP) is 39.2. The lowest BCUT2D eigenvalue weighted by Gasteiger charge is -2.30. The highest BCUT2D eigenvalue weighted by atomic mass is 15.1. The molecule has 0 spiro atoms. The summed E-state index contributed by atoms with van der Waals surface area (Å²) >= 11 is 0. The van der Waals surface area contributed by atoms with Crippen LogP contribution in [0.25, 0.3) is 167 Å². The van der Waals surface area contributed by atoms with E-state index in [1.54, 1.807) is 0 Å². The van der Waals surface area contributed by atoms with Gasteiger partial charge in [-0.15, -0.1) is 0 Å². The van der Waals surface area contributed by atoms with Gasteiger partial charge < -0.3 is 9.80 Å². The SMILES string of the molecule is CC1(C)c2ccccc2-c2ccc(-c3ccc(N(c4ccc5c(c4)C(C)(C)c4cc(-c6ccccc6)ccc4-5)c4ccc5c(c4)C(C)(C)c4cc(-c6ccc(-c7ccc(-c8ccccc8)cc7)cc6)ccc4-5)cc3)cc21.CC1(C)c2ccccc2-c2ccc(-c3ccc(N(c4ccc5c(c4)C(C)(C)c4ccccc4-5)c4ccc5c(c4)C(C)(C)c4cc(-c6ccc(-c7ccc(-c8ccccc8)cc7)cc6)ccc4-5)cc3)cc21. The van der Waals surface area contributed by atoms with Gasteiger partial charge in [-0.1, -0.05) is 453 Å². The lowest BCUT2D eigenvalue weighted by atomic mass is 9.81. The molecule has 6 aliphatic rings. The van der Waals surface area contributed by atoms with Crippen molar-refractivity contribution in [1.82, 2.24) is 0 Å². The summed E-state index contributed by atoms with van der Waals surface area (Å²) in [5.74, 6) is 0. The van der Waals surface area contributed by atoms with Gasteiger partial charge in [0, 0.05) is 66.6 Å². The van der Waals surface area contributed by atoms with Gasteiger partial charge in [0.25, 0.3) is 0 Å². The molecule has 0 amide bonds. The van der Waals surface area contributed by atoms with Gasteiger partial charge in [0.2, 0.25) is 0 Å². The van der Waals surface area contributed by atoms with Crippen molar-refractivity contribution in [2.75, 3.05) is 9.80 Å². The first-order valence-corrected chi connectivity index (χ1v) is 51.9. The number of nitrogens with zero attached hydrogens (tertiary/aromatic N) is 2. The number of rotatable bonds is 15. The molecule has 21 aromatic carbocycles. The third-order valence-electron chi connectivity index (χ3n) is 33.9. The third-order valence-corrected chi connectivity index (χ3v) is 33.9. The van der Waals surface area contributed by atoms with E-state index in [0.717, 1.165) is 34.1 Å². The summed E-state index contributed by atoms with van der Waals surface area (Å²) in [4.78, 5) is 4.97. The Morgan fingerprint density at radius 2 is 0.233 bits per heavy atom. The molecule has 27 rings (SSSR count). The zero-order valence-corrected chi connectivity index (χ0v) is 84.9. The maximum Gasteiger partial charge on any atom is 0.0465 e. The zero-order valence-electron chi connectivity index (χ0n) is 84.9. The number of benzene rings is 21. The first-order chi connectivity index (χ1) is 70.9. The summed E-state index contributed by atoms with van der Waals surface area (Å²) in [7, 11) is 0. The molecule has 2 nitrogen and oxygen atoms in total. The van der Waals surface area contributed by atoms with Crippen LogP contribution in [0.3, 0.4) is 0 Å². The van der Waals surface area contributed by atoms with E-state index in [2.05, 4.69) is 566 Å². The second-order valence-electron chi connectivity index (χ2n) is 44.3. The van der Waals surface area contributed by atoms with Crippen LogP contribution in [0.2, 0.25) is 0 Å². The molecule has 0 bridgehead atoms. The molecule has 2 heteroatoms. The van der Waals surface area contributed by atoms with Crippen molar-refractivity contribution in [2.45, 2.75) is 116 Å². The normalized spacial score (nSPS) is 14.6. The lowest BCUT2D eigenvalue weighted by molar-refractivity contribution is 0.660. The van der Waals surface area contributed by atoms with Crippen LogP contribution >= 0.6 is 0 Å². The van der Waals surface area contributed by atoms with Crippen molar-refractivity contribution in [3.8, 4) is 167 Å². The Kier molecular flexibility index (Phi) is 20.8. The summed E-state index contributed by atoms with van der Waals surface area (Å²) in [5.41, 5.74) is 60.6. The zero-order chi connectivity index (χ0) is 99.0. The minimum atomic E-state index is -0.230. The van der Waals surface area contributed by atoms with Crippen LogP contribution in [0.5, 0.6) is 0 Å². The summed E-state index contributed by atoms with van der Waals surface area (Å²) in [6, 6.07) is 177. The van der Waals surface area contributed by atoms with Gasteiger partial charge in [-0.3, -0.25) is 0 Å². The Hall–Kier alpha value is -16.8. The highest BCUT2D eigenvalue weighted by Crippen LogP contribution is 2.60. The first-order valence-electron chi connectivity index (χ1n) is 51.9. The van der Waals surface area contributed by atoms with Crippen molar-refractivity contribution < 1.29 is 0 Å².